The maximum Gasteiger partial charge on any atom is 0.187 e. The van der Waals surface area contributed by atoms with Crippen LogP contribution in [-0.2, 0) is 42.8 Å². The third-order valence-corrected chi connectivity index (χ3v) is 21.3. The highest BCUT2D eigenvalue weighted by atomic mass is 17.1. The van der Waals surface area contributed by atoms with Gasteiger partial charge in [-0.25, -0.2) is 4.89 Å². The van der Waals surface area contributed by atoms with E-state index in [4.69, 9.17) is 42.8 Å². The van der Waals surface area contributed by atoms with Gasteiger partial charge in [0, 0.05) is 5.41 Å². The molecule has 29 unspecified atom stereocenters. The largest absolute Gasteiger partial charge is 0.394 e. The van der Waals surface area contributed by atoms with Gasteiger partial charge < -0.3 is 109 Å². The van der Waals surface area contributed by atoms with Crippen molar-refractivity contribution < 1.29 is 120 Å². The van der Waals surface area contributed by atoms with Crippen LogP contribution < -0.4 is 0 Å². The van der Waals surface area contributed by atoms with Crippen LogP contribution >= 0.6 is 0 Å². The normalized spacial score (nSPS) is 52.6. The lowest BCUT2D eigenvalue weighted by atomic mass is 9.34. The number of fused-ring (bicyclic) bond motifs is 5. The molecule has 24 heteroatoms. The zero-order valence-corrected chi connectivity index (χ0v) is 46.4. The third kappa shape index (κ3) is 10.6. The Labute approximate surface area is 455 Å². The monoisotopic (exact) mass is 1120 g/mol. The third-order valence-electron chi connectivity index (χ3n) is 21.3. The predicted octanol–water partition coefficient (Wildman–Crippen LogP) is -1.71. The summed E-state index contributed by atoms with van der Waals surface area (Å²) in [6, 6.07) is 0. The van der Waals surface area contributed by atoms with Gasteiger partial charge in [0.05, 0.1) is 44.2 Å². The van der Waals surface area contributed by atoms with E-state index in [9.17, 15) is 76.7 Å². The van der Waals surface area contributed by atoms with Crippen molar-refractivity contribution >= 4 is 0 Å². The van der Waals surface area contributed by atoms with Crippen LogP contribution in [0.3, 0.4) is 0 Å². The molecule has 0 aromatic carbocycles. The van der Waals surface area contributed by atoms with Crippen molar-refractivity contribution in [2.24, 2.45) is 44.8 Å². The molecule has 29 atom stereocenters. The number of rotatable bonds is 16. The second kappa shape index (κ2) is 23.0. The maximum absolute atomic E-state index is 13.0. The number of hydrogen-bond acceptors (Lipinski definition) is 24. The van der Waals surface area contributed by atoms with Gasteiger partial charge in [0.2, 0.25) is 0 Å². The van der Waals surface area contributed by atoms with Gasteiger partial charge in [-0.05, 0) is 112 Å². The van der Waals surface area contributed by atoms with Gasteiger partial charge in [-0.3, -0.25) is 5.26 Å². The molecule has 0 aromatic heterocycles. The summed E-state index contributed by atoms with van der Waals surface area (Å²) in [4.78, 5) is 4.73. The zero-order valence-electron chi connectivity index (χ0n) is 46.4. The highest BCUT2D eigenvalue weighted by Crippen LogP contribution is 2.78. The molecule has 452 valence electrons. The van der Waals surface area contributed by atoms with E-state index in [0.717, 1.165) is 12.8 Å². The molecule has 78 heavy (non-hydrogen) atoms. The molecule has 4 saturated carbocycles. The van der Waals surface area contributed by atoms with Crippen LogP contribution in [0.5, 0.6) is 0 Å². The molecular formula is C54H92O24. The van der Waals surface area contributed by atoms with Crippen molar-refractivity contribution in [2.45, 2.75) is 254 Å². The Kier molecular flexibility index (Phi) is 18.5. The average molecular weight is 1130 g/mol. The summed E-state index contributed by atoms with van der Waals surface area (Å²) in [7, 11) is 0. The lowest BCUT2D eigenvalue weighted by Gasteiger charge is -2.71. The van der Waals surface area contributed by atoms with E-state index < -0.39 is 182 Å². The Morgan fingerprint density at radius 3 is 1.77 bits per heavy atom. The van der Waals surface area contributed by atoms with Crippen molar-refractivity contribution in [1.29, 1.82) is 0 Å². The molecule has 4 aliphatic carbocycles. The van der Waals surface area contributed by atoms with Gasteiger partial charge in [-0.2, -0.15) is 0 Å². The van der Waals surface area contributed by atoms with Gasteiger partial charge >= 0.3 is 0 Å². The molecule has 4 heterocycles. The first-order valence-electron chi connectivity index (χ1n) is 27.9. The molecule has 0 spiro atoms. The molecule has 8 rings (SSSR count). The molecule has 8 aliphatic rings. The minimum atomic E-state index is -1.83. The van der Waals surface area contributed by atoms with E-state index in [-0.39, 0.29) is 35.7 Å². The fraction of sp³-hybridized carbons (Fsp3) is 0.963. The van der Waals surface area contributed by atoms with Gasteiger partial charge in [-0.15, -0.1) is 0 Å². The lowest BCUT2D eigenvalue weighted by Crippen LogP contribution is -2.69. The zero-order chi connectivity index (χ0) is 57.6. The quantitative estimate of drug-likeness (QED) is 0.0354. The predicted molar refractivity (Wildman–Crippen MR) is 268 cm³/mol. The molecule has 0 radical (unpaired) electrons. The topological polar surface area (TPSA) is 387 Å². The Bertz CT molecular complexity index is 2050. The maximum atomic E-state index is 13.0. The molecule has 24 nitrogen and oxygen atoms in total. The minimum Gasteiger partial charge on any atom is -0.394 e. The summed E-state index contributed by atoms with van der Waals surface area (Å²) < 4.78 is 48.8. The van der Waals surface area contributed by atoms with Crippen LogP contribution in [0.4, 0.5) is 0 Å². The van der Waals surface area contributed by atoms with Crippen molar-refractivity contribution in [3.63, 3.8) is 0 Å². The lowest BCUT2D eigenvalue weighted by molar-refractivity contribution is -0.378. The molecule has 15 N–H and O–H groups in total. The van der Waals surface area contributed by atoms with Crippen LogP contribution in [0.1, 0.15) is 114 Å². The van der Waals surface area contributed by atoms with Crippen LogP contribution in [0.15, 0.2) is 12.2 Å². The fourth-order valence-corrected chi connectivity index (χ4v) is 16.3. The van der Waals surface area contributed by atoms with Gasteiger partial charge in [0.15, 0.2) is 25.2 Å². The van der Waals surface area contributed by atoms with Crippen molar-refractivity contribution in [3.05, 3.63) is 12.2 Å². The molecule has 0 bridgehead atoms. The van der Waals surface area contributed by atoms with E-state index in [1.54, 1.807) is 26.0 Å². The van der Waals surface area contributed by atoms with E-state index in [1.165, 1.54) is 0 Å². The highest BCUT2D eigenvalue weighted by Gasteiger charge is 2.75. The highest BCUT2D eigenvalue weighted by molar-refractivity contribution is 5.24. The molecule has 0 aromatic rings. The van der Waals surface area contributed by atoms with Crippen molar-refractivity contribution in [2.75, 3.05) is 26.4 Å². The number of aliphatic hydroxyl groups is 14. The Hall–Kier alpha value is -1.22. The van der Waals surface area contributed by atoms with E-state index in [2.05, 4.69) is 41.5 Å². The smallest absolute Gasteiger partial charge is 0.187 e. The van der Waals surface area contributed by atoms with E-state index in [0.29, 0.717) is 32.1 Å². The summed E-state index contributed by atoms with van der Waals surface area (Å²) in [6.45, 7) is 16.1. The van der Waals surface area contributed by atoms with Crippen LogP contribution in [-0.4, -0.2) is 243 Å². The van der Waals surface area contributed by atoms with Gasteiger partial charge in [0.25, 0.3) is 0 Å². The molecule has 0 amide bonds. The van der Waals surface area contributed by atoms with Crippen LogP contribution in [0.25, 0.3) is 0 Å². The molecule has 8 fully saturated rings. The summed E-state index contributed by atoms with van der Waals surface area (Å²) in [5.74, 6) is -0.423. The second-order valence-corrected chi connectivity index (χ2v) is 26.4. The molecular weight excluding hydrogens is 1030 g/mol. The van der Waals surface area contributed by atoms with Crippen molar-refractivity contribution in [1.82, 2.24) is 0 Å². The molecule has 4 aliphatic heterocycles. The summed E-state index contributed by atoms with van der Waals surface area (Å²) >= 11 is 0. The standard InChI is InChI=1S/C54H92O24/c1-48(2,78-69)13-10-14-54(9,77-46-41(68)37(64)35(62)28(74-46)23-71-44-39(66)32(59)25(58)22-70-44)53(8)18-17-52(7)43(53)24(57)19-30-50(5)15-12-31(49(3,4)29(50)11-16-51(30,52)6)75-47-42(38(65)34(61)27(21-56)73-47)76-45-40(67)36(63)33(60)26(20-55)72-45/h10,13,24-47,55-69H,11-12,14-23H2,1-9H3. The van der Waals surface area contributed by atoms with E-state index in [1.807, 2.05) is 6.92 Å². The number of aliphatic hydroxyl groups excluding tert-OH is 14. The van der Waals surface area contributed by atoms with Gasteiger partial charge in [0.1, 0.15) is 97.2 Å². The summed E-state index contributed by atoms with van der Waals surface area (Å²) in [5, 5.41) is 162. The summed E-state index contributed by atoms with van der Waals surface area (Å²) in [5.41, 5.74) is -5.14. The minimum absolute atomic E-state index is 0.00333. The Balaban J connectivity index is 1.04. The first-order valence-corrected chi connectivity index (χ1v) is 27.9. The SMILES string of the molecule is CC(C)(C=CCC(C)(OC1OC(COC2OCC(O)C(O)C2O)C(O)C(O)C1O)C1(C)CCC2(C)C1C(O)CC1C3(C)CCC(OC4OC(CO)C(O)C(O)C4OC4OC(CO)C(O)C(O)C4O)C(C)(C)C3CCC12C)OO. The first kappa shape index (κ1) is 62.8. The van der Waals surface area contributed by atoms with Crippen LogP contribution in [0, 0.1) is 44.8 Å². The second-order valence-electron chi connectivity index (χ2n) is 26.4. The summed E-state index contributed by atoms with van der Waals surface area (Å²) in [6.07, 6.45) is -23.6. The Morgan fingerprint density at radius 1 is 0.564 bits per heavy atom. The number of ether oxygens (including phenoxy) is 8. The van der Waals surface area contributed by atoms with Gasteiger partial charge in [-0.1, -0.05) is 53.7 Å². The van der Waals surface area contributed by atoms with Crippen LogP contribution in [0.2, 0.25) is 0 Å². The number of hydrogen-bond donors (Lipinski definition) is 15. The van der Waals surface area contributed by atoms with Crippen molar-refractivity contribution in [3.8, 4) is 0 Å². The van der Waals surface area contributed by atoms with E-state index >= 15 is 0 Å². The Morgan fingerprint density at radius 2 is 1.14 bits per heavy atom. The fourth-order valence-electron chi connectivity index (χ4n) is 16.3. The first-order chi connectivity index (χ1) is 36.3. The average Bonchev–Trinajstić information content (AvgIpc) is 3.79. The molecule has 4 saturated heterocycles.